The number of carbonyl (C=O) groups excluding carboxylic acids is 4. The van der Waals surface area contributed by atoms with E-state index in [1.807, 2.05) is 49.9 Å². The summed E-state index contributed by atoms with van der Waals surface area (Å²) in [5.41, 5.74) is 0.161. The molecule has 0 radical (unpaired) electrons. The lowest BCUT2D eigenvalue weighted by molar-refractivity contribution is -0.142. The Balaban J connectivity index is 1.26. The zero-order valence-corrected chi connectivity index (χ0v) is 29.4. The fourth-order valence-corrected chi connectivity index (χ4v) is 8.10. The number of carbonyl (C=O) groups is 4. The predicted molar refractivity (Wildman–Crippen MR) is 185 cm³/mol. The van der Waals surface area contributed by atoms with Crippen LogP contribution < -0.4 is 20.3 Å². The standard InChI is InChI=1S/C35H45N7O7S/c1-5-24-16-35(24,32(45)40-50(47,48)27-14-15-27)39-30(43)28-19-41(25-12-10-22(11-13-25)23-17-36-20-37-18-23)21-42(28)31(44)29(34(2,3)4)38-33(46)49-26-8-6-7-9-26/h5,10-13,17-18,20,24,26-29H,1,6-9,14-16,19,21H2,2-4H3,(H,38,46)(H,39,43)(H,40,45)/t24-,28+,29?,35-/m1/s1. The minimum absolute atomic E-state index is 0.0107. The van der Waals surface area contributed by atoms with E-state index in [2.05, 4.69) is 31.9 Å². The van der Waals surface area contributed by atoms with Crippen molar-refractivity contribution in [3.05, 3.63) is 55.6 Å². The van der Waals surface area contributed by atoms with Gasteiger partial charge in [-0.15, -0.1) is 6.58 Å². The van der Waals surface area contributed by atoms with Crippen LogP contribution in [-0.2, 0) is 29.1 Å². The van der Waals surface area contributed by atoms with E-state index in [0.717, 1.165) is 42.5 Å². The smallest absolute Gasteiger partial charge is 0.408 e. The van der Waals surface area contributed by atoms with Crippen molar-refractivity contribution in [3.63, 3.8) is 0 Å². The molecule has 4 atom stereocenters. The molecule has 1 unspecified atom stereocenters. The highest BCUT2D eigenvalue weighted by atomic mass is 32.2. The van der Waals surface area contributed by atoms with Crippen molar-refractivity contribution in [2.75, 3.05) is 18.1 Å². The van der Waals surface area contributed by atoms with Gasteiger partial charge < -0.3 is 25.2 Å². The van der Waals surface area contributed by atoms with E-state index < -0.39 is 68.0 Å². The van der Waals surface area contributed by atoms with Gasteiger partial charge in [-0.25, -0.2) is 23.2 Å². The highest BCUT2D eigenvalue weighted by Gasteiger charge is 2.62. The molecule has 3 N–H and O–H groups in total. The zero-order valence-electron chi connectivity index (χ0n) is 28.6. The summed E-state index contributed by atoms with van der Waals surface area (Å²) in [5, 5.41) is 4.97. The van der Waals surface area contributed by atoms with E-state index in [-0.39, 0.29) is 25.7 Å². The molecule has 2 heterocycles. The topological polar surface area (TPSA) is 180 Å². The molecule has 50 heavy (non-hydrogen) atoms. The largest absolute Gasteiger partial charge is 0.446 e. The van der Waals surface area contributed by atoms with E-state index in [1.165, 1.54) is 17.3 Å². The molecule has 1 aromatic carbocycles. The van der Waals surface area contributed by atoms with Crippen LogP contribution in [-0.4, -0.2) is 89.3 Å². The predicted octanol–water partition coefficient (Wildman–Crippen LogP) is 2.87. The molecular weight excluding hydrogens is 662 g/mol. The number of alkyl carbamates (subject to hydrolysis) is 1. The van der Waals surface area contributed by atoms with Gasteiger partial charge in [0.15, 0.2) is 0 Å². The molecular formula is C35H45N7O7S. The number of anilines is 1. The SMILES string of the molecule is C=C[C@@H]1C[C@]1(NC(=O)[C@@H]1CN(c2ccc(-c3cncnc3)cc2)CN1C(=O)C(NC(=O)OC1CCCC1)C(C)(C)C)C(=O)NS(=O)(=O)C1CC1. The molecule has 3 aliphatic carbocycles. The molecule has 4 aliphatic rings. The minimum Gasteiger partial charge on any atom is -0.446 e. The van der Waals surface area contributed by atoms with Crippen LogP contribution in [0.2, 0.25) is 0 Å². The third-order valence-electron chi connectivity index (χ3n) is 10.0. The first-order valence-corrected chi connectivity index (χ1v) is 18.6. The van der Waals surface area contributed by atoms with Crippen molar-refractivity contribution >= 4 is 39.5 Å². The Morgan fingerprint density at radius 2 is 1.68 bits per heavy atom. The number of aromatic nitrogens is 2. The van der Waals surface area contributed by atoms with Gasteiger partial charge in [0.1, 0.15) is 30.1 Å². The molecule has 0 spiro atoms. The lowest BCUT2D eigenvalue weighted by atomic mass is 9.85. The quantitative estimate of drug-likeness (QED) is 0.294. The van der Waals surface area contributed by atoms with Crippen LogP contribution >= 0.6 is 0 Å². The molecule has 0 bridgehead atoms. The van der Waals surface area contributed by atoms with E-state index in [9.17, 15) is 27.6 Å². The zero-order chi connectivity index (χ0) is 35.8. The summed E-state index contributed by atoms with van der Waals surface area (Å²) in [4.78, 5) is 66.6. The first kappa shape index (κ1) is 35.3. The molecule has 1 aromatic heterocycles. The summed E-state index contributed by atoms with van der Waals surface area (Å²) < 4.78 is 33.1. The maximum absolute atomic E-state index is 14.5. The number of ether oxygens (including phenoxy) is 1. The molecule has 268 valence electrons. The molecule has 6 rings (SSSR count). The molecule has 1 saturated heterocycles. The second-order valence-corrected chi connectivity index (χ2v) is 16.8. The summed E-state index contributed by atoms with van der Waals surface area (Å²) in [6, 6.07) is 5.40. The Morgan fingerprint density at radius 3 is 2.26 bits per heavy atom. The summed E-state index contributed by atoms with van der Waals surface area (Å²) in [5.74, 6) is -2.43. The molecule has 14 nitrogen and oxygen atoms in total. The van der Waals surface area contributed by atoms with Gasteiger partial charge in [0.05, 0.1) is 11.9 Å². The molecule has 2 aromatic rings. The number of sulfonamides is 1. The average Bonchev–Trinajstić information content (AvgIpc) is 3.96. The highest BCUT2D eigenvalue weighted by molar-refractivity contribution is 7.91. The molecule has 4 amide bonds. The Labute approximate surface area is 292 Å². The number of nitrogens with zero attached hydrogens (tertiary/aromatic N) is 4. The normalized spacial score (nSPS) is 24.3. The van der Waals surface area contributed by atoms with Gasteiger partial charge in [0, 0.05) is 36.1 Å². The summed E-state index contributed by atoms with van der Waals surface area (Å²) >= 11 is 0. The van der Waals surface area contributed by atoms with Gasteiger partial charge in [0.25, 0.3) is 5.91 Å². The third-order valence-corrected chi connectivity index (χ3v) is 11.8. The number of hydrogen-bond acceptors (Lipinski definition) is 10. The first-order chi connectivity index (χ1) is 23.7. The van der Waals surface area contributed by atoms with Crippen LogP contribution in [0.3, 0.4) is 0 Å². The Morgan fingerprint density at radius 1 is 1.02 bits per heavy atom. The van der Waals surface area contributed by atoms with Crippen molar-refractivity contribution in [3.8, 4) is 11.1 Å². The fraction of sp³-hybridized carbons (Fsp3) is 0.543. The van der Waals surface area contributed by atoms with Crippen molar-refractivity contribution in [2.24, 2.45) is 11.3 Å². The Bertz CT molecular complexity index is 1740. The van der Waals surface area contributed by atoms with E-state index in [0.29, 0.717) is 12.8 Å². The molecule has 1 aliphatic heterocycles. The van der Waals surface area contributed by atoms with Crippen molar-refractivity contribution in [1.29, 1.82) is 0 Å². The van der Waals surface area contributed by atoms with Gasteiger partial charge in [-0.1, -0.05) is 39.0 Å². The monoisotopic (exact) mass is 707 g/mol. The summed E-state index contributed by atoms with van der Waals surface area (Å²) in [6.07, 6.45) is 10.1. The first-order valence-electron chi connectivity index (χ1n) is 17.1. The van der Waals surface area contributed by atoms with Crippen LogP contribution in [0.25, 0.3) is 11.1 Å². The Hall–Kier alpha value is -4.53. The van der Waals surface area contributed by atoms with E-state index in [4.69, 9.17) is 4.74 Å². The highest BCUT2D eigenvalue weighted by Crippen LogP contribution is 2.45. The molecule has 15 heteroatoms. The van der Waals surface area contributed by atoms with E-state index in [1.54, 1.807) is 12.4 Å². The maximum atomic E-state index is 14.5. The van der Waals surface area contributed by atoms with Crippen molar-refractivity contribution < 1.29 is 32.3 Å². The lowest BCUT2D eigenvalue weighted by Gasteiger charge is -2.35. The lowest BCUT2D eigenvalue weighted by Crippen LogP contribution is -2.60. The average molecular weight is 708 g/mol. The summed E-state index contributed by atoms with van der Waals surface area (Å²) in [7, 11) is -3.87. The van der Waals surface area contributed by atoms with Crippen LogP contribution in [0.5, 0.6) is 0 Å². The Kier molecular flexibility index (Phi) is 9.64. The van der Waals surface area contributed by atoms with Crippen LogP contribution in [0.1, 0.15) is 65.7 Å². The minimum atomic E-state index is -3.87. The van der Waals surface area contributed by atoms with Gasteiger partial charge in [-0.05, 0) is 68.1 Å². The van der Waals surface area contributed by atoms with Crippen LogP contribution in [0, 0.1) is 11.3 Å². The third kappa shape index (κ3) is 7.47. The van der Waals surface area contributed by atoms with Gasteiger partial charge >= 0.3 is 6.09 Å². The number of amides is 4. The molecule has 3 saturated carbocycles. The second kappa shape index (κ2) is 13.6. The van der Waals surface area contributed by atoms with E-state index >= 15 is 0 Å². The van der Waals surface area contributed by atoms with Gasteiger partial charge in [-0.3, -0.25) is 19.1 Å². The second-order valence-electron chi connectivity index (χ2n) is 14.8. The maximum Gasteiger partial charge on any atom is 0.408 e. The van der Waals surface area contributed by atoms with Crippen LogP contribution in [0.4, 0.5) is 10.5 Å². The number of rotatable bonds is 11. The van der Waals surface area contributed by atoms with Crippen LogP contribution in [0.15, 0.2) is 55.6 Å². The van der Waals surface area contributed by atoms with Crippen molar-refractivity contribution in [1.82, 2.24) is 30.2 Å². The number of nitrogens with one attached hydrogen (secondary N) is 3. The van der Waals surface area contributed by atoms with Gasteiger partial charge in [0.2, 0.25) is 21.8 Å². The van der Waals surface area contributed by atoms with Gasteiger partial charge in [-0.2, -0.15) is 0 Å². The van der Waals surface area contributed by atoms with Crippen molar-refractivity contribution in [2.45, 2.75) is 94.7 Å². The molecule has 4 fully saturated rings. The number of hydrogen-bond donors (Lipinski definition) is 3. The fourth-order valence-electron chi connectivity index (χ4n) is 6.74. The summed E-state index contributed by atoms with van der Waals surface area (Å²) in [6.45, 7) is 9.31. The number of benzene rings is 1.